The number of amides is 1. The van der Waals surface area contributed by atoms with E-state index in [-0.39, 0.29) is 24.1 Å². The minimum Gasteiger partial charge on any atom is -0.461 e. The molecule has 0 aliphatic carbocycles. The number of rotatable bonds is 7. The average molecular weight is 294 g/mol. The Labute approximate surface area is 124 Å². The first-order valence-electron chi connectivity index (χ1n) is 7.26. The number of carbonyl (C=O) groups excluding carboxylic acids is 1. The zero-order valence-electron chi connectivity index (χ0n) is 12.6. The van der Waals surface area contributed by atoms with Crippen LogP contribution in [0.25, 0.3) is 0 Å². The summed E-state index contributed by atoms with van der Waals surface area (Å²) < 4.78 is 5.54. The molecule has 0 aromatic carbocycles. The molecule has 1 unspecified atom stereocenters. The Kier molecular flexibility index (Phi) is 5.13. The lowest BCUT2D eigenvalue weighted by Gasteiger charge is -2.14. The molecule has 116 valence electrons. The fourth-order valence-corrected chi connectivity index (χ4v) is 1.89. The average Bonchev–Trinajstić information content (AvgIpc) is 2.80. The predicted molar refractivity (Wildman–Crippen MR) is 79.4 cm³/mol. The maximum atomic E-state index is 11.2. The molecule has 2 rings (SSSR count). The molecule has 0 saturated carbocycles. The Morgan fingerprint density at radius 1 is 1.33 bits per heavy atom. The van der Waals surface area contributed by atoms with Gasteiger partial charge in [-0.1, -0.05) is 6.92 Å². The van der Waals surface area contributed by atoms with Crippen LogP contribution in [0.15, 0.2) is 0 Å². The third-order valence-electron chi connectivity index (χ3n) is 2.80. The molecule has 21 heavy (non-hydrogen) atoms. The Morgan fingerprint density at radius 3 is 2.71 bits per heavy atom. The second-order valence-corrected chi connectivity index (χ2v) is 5.21. The molecule has 1 saturated heterocycles. The van der Waals surface area contributed by atoms with E-state index in [1.54, 1.807) is 0 Å². The SMILES string of the molecule is CCCNc1nc(NC2CNC(=O)C2)nc(OC(C)C)n1. The normalized spacial score (nSPS) is 17.7. The van der Waals surface area contributed by atoms with Crippen molar-refractivity contribution in [1.82, 2.24) is 20.3 Å². The van der Waals surface area contributed by atoms with E-state index < -0.39 is 0 Å². The van der Waals surface area contributed by atoms with Crippen LogP contribution in [0.1, 0.15) is 33.6 Å². The van der Waals surface area contributed by atoms with Crippen molar-refractivity contribution >= 4 is 17.8 Å². The molecular weight excluding hydrogens is 272 g/mol. The smallest absolute Gasteiger partial charge is 0.323 e. The Morgan fingerprint density at radius 2 is 2.10 bits per heavy atom. The highest BCUT2D eigenvalue weighted by Crippen LogP contribution is 2.15. The summed E-state index contributed by atoms with van der Waals surface area (Å²) in [4.78, 5) is 24.0. The highest BCUT2D eigenvalue weighted by molar-refractivity contribution is 5.79. The molecule has 2 heterocycles. The van der Waals surface area contributed by atoms with E-state index in [0.717, 1.165) is 13.0 Å². The third kappa shape index (κ3) is 4.73. The van der Waals surface area contributed by atoms with Crippen molar-refractivity contribution < 1.29 is 9.53 Å². The summed E-state index contributed by atoms with van der Waals surface area (Å²) >= 11 is 0. The van der Waals surface area contributed by atoms with Crippen LogP contribution in [0.4, 0.5) is 11.9 Å². The van der Waals surface area contributed by atoms with Gasteiger partial charge in [0, 0.05) is 19.5 Å². The van der Waals surface area contributed by atoms with Crippen molar-refractivity contribution in [3.05, 3.63) is 0 Å². The van der Waals surface area contributed by atoms with Gasteiger partial charge in [-0.05, 0) is 20.3 Å². The molecule has 1 aliphatic rings. The van der Waals surface area contributed by atoms with E-state index in [1.807, 2.05) is 13.8 Å². The molecule has 8 heteroatoms. The number of hydrogen-bond donors (Lipinski definition) is 3. The van der Waals surface area contributed by atoms with Gasteiger partial charge in [-0.3, -0.25) is 4.79 Å². The first-order chi connectivity index (χ1) is 10.1. The summed E-state index contributed by atoms with van der Waals surface area (Å²) in [6, 6.07) is 0.268. The van der Waals surface area contributed by atoms with Crippen LogP contribution in [0.3, 0.4) is 0 Å². The van der Waals surface area contributed by atoms with Crippen molar-refractivity contribution in [2.24, 2.45) is 0 Å². The summed E-state index contributed by atoms with van der Waals surface area (Å²) in [7, 11) is 0. The summed E-state index contributed by atoms with van der Waals surface area (Å²) in [5.74, 6) is 0.924. The van der Waals surface area contributed by atoms with Crippen LogP contribution in [0.5, 0.6) is 6.01 Å². The van der Waals surface area contributed by atoms with Crippen molar-refractivity contribution in [3.8, 4) is 6.01 Å². The molecule has 0 spiro atoms. The molecule has 8 nitrogen and oxygen atoms in total. The number of nitrogens with zero attached hydrogens (tertiary/aromatic N) is 3. The second-order valence-electron chi connectivity index (χ2n) is 5.21. The highest BCUT2D eigenvalue weighted by Gasteiger charge is 2.22. The van der Waals surface area contributed by atoms with Crippen LogP contribution in [0.2, 0.25) is 0 Å². The van der Waals surface area contributed by atoms with Crippen LogP contribution in [0, 0.1) is 0 Å². The topological polar surface area (TPSA) is 101 Å². The Hall–Kier alpha value is -2.12. The van der Waals surface area contributed by atoms with Crippen LogP contribution in [-0.4, -0.2) is 46.1 Å². The van der Waals surface area contributed by atoms with E-state index in [9.17, 15) is 4.79 Å². The number of nitrogens with one attached hydrogen (secondary N) is 3. The minimum atomic E-state index is -0.0194. The molecular formula is C13H22N6O2. The molecule has 1 aromatic rings. The van der Waals surface area contributed by atoms with Crippen molar-refractivity contribution in [2.75, 3.05) is 23.7 Å². The van der Waals surface area contributed by atoms with E-state index in [2.05, 4.69) is 37.8 Å². The van der Waals surface area contributed by atoms with E-state index >= 15 is 0 Å². The number of aromatic nitrogens is 3. The molecule has 1 aromatic heterocycles. The molecule has 1 atom stereocenters. The molecule has 0 radical (unpaired) electrons. The Balaban J connectivity index is 2.11. The number of ether oxygens (including phenoxy) is 1. The quantitative estimate of drug-likeness (QED) is 0.683. The molecule has 1 amide bonds. The fraction of sp³-hybridized carbons (Fsp3) is 0.692. The minimum absolute atomic E-state index is 0.00850. The van der Waals surface area contributed by atoms with Gasteiger partial charge in [-0.15, -0.1) is 0 Å². The molecule has 0 bridgehead atoms. The van der Waals surface area contributed by atoms with Gasteiger partial charge >= 0.3 is 6.01 Å². The monoisotopic (exact) mass is 294 g/mol. The molecule has 1 fully saturated rings. The number of hydrogen-bond acceptors (Lipinski definition) is 7. The summed E-state index contributed by atoms with van der Waals surface area (Å²) in [5, 5.41) is 9.02. The van der Waals surface area contributed by atoms with Crippen molar-refractivity contribution in [2.45, 2.75) is 45.8 Å². The van der Waals surface area contributed by atoms with Gasteiger partial charge in [-0.2, -0.15) is 15.0 Å². The summed E-state index contributed by atoms with van der Waals surface area (Å²) in [5.41, 5.74) is 0. The largest absolute Gasteiger partial charge is 0.461 e. The summed E-state index contributed by atoms with van der Waals surface area (Å²) in [6.07, 6.45) is 1.37. The number of anilines is 2. The van der Waals surface area contributed by atoms with Crippen LogP contribution in [-0.2, 0) is 4.79 Å². The molecule has 1 aliphatic heterocycles. The van der Waals surface area contributed by atoms with Gasteiger partial charge < -0.3 is 20.7 Å². The summed E-state index contributed by atoms with van der Waals surface area (Å²) in [6.45, 7) is 7.23. The van der Waals surface area contributed by atoms with Gasteiger partial charge in [0.15, 0.2) is 0 Å². The van der Waals surface area contributed by atoms with Gasteiger partial charge in [0.25, 0.3) is 0 Å². The van der Waals surface area contributed by atoms with Crippen LogP contribution >= 0.6 is 0 Å². The van der Waals surface area contributed by atoms with Crippen LogP contribution < -0.4 is 20.7 Å². The van der Waals surface area contributed by atoms with Gasteiger partial charge in [0.1, 0.15) is 0 Å². The maximum Gasteiger partial charge on any atom is 0.323 e. The van der Waals surface area contributed by atoms with E-state index in [4.69, 9.17) is 4.74 Å². The zero-order chi connectivity index (χ0) is 15.2. The Bertz CT molecular complexity index is 494. The van der Waals surface area contributed by atoms with Gasteiger partial charge in [0.2, 0.25) is 17.8 Å². The second kappa shape index (κ2) is 7.05. The molecule has 3 N–H and O–H groups in total. The first-order valence-corrected chi connectivity index (χ1v) is 7.26. The lowest BCUT2D eigenvalue weighted by Crippen LogP contribution is -2.24. The predicted octanol–water partition coefficient (Wildman–Crippen LogP) is 0.781. The van der Waals surface area contributed by atoms with Crippen molar-refractivity contribution in [3.63, 3.8) is 0 Å². The standard InChI is InChI=1S/C13H22N6O2/c1-4-5-14-11-17-12(16-9-6-10(20)15-7-9)19-13(18-11)21-8(2)3/h8-9H,4-7H2,1-3H3,(H,15,20)(H2,14,16,17,18,19). The maximum absolute atomic E-state index is 11.2. The first kappa shape index (κ1) is 15.3. The fourth-order valence-electron chi connectivity index (χ4n) is 1.89. The van der Waals surface area contributed by atoms with Gasteiger partial charge in [0.05, 0.1) is 12.1 Å². The highest BCUT2D eigenvalue weighted by atomic mass is 16.5. The van der Waals surface area contributed by atoms with E-state index in [0.29, 0.717) is 24.9 Å². The van der Waals surface area contributed by atoms with Gasteiger partial charge in [-0.25, -0.2) is 0 Å². The zero-order valence-corrected chi connectivity index (χ0v) is 12.6. The lowest BCUT2D eigenvalue weighted by molar-refractivity contribution is -0.119. The number of carbonyl (C=O) groups is 1. The lowest BCUT2D eigenvalue weighted by atomic mass is 10.3. The third-order valence-corrected chi connectivity index (χ3v) is 2.80. The van der Waals surface area contributed by atoms with Crippen molar-refractivity contribution in [1.29, 1.82) is 0 Å². The van der Waals surface area contributed by atoms with E-state index in [1.165, 1.54) is 0 Å².